The maximum absolute atomic E-state index is 12.3. The van der Waals surface area contributed by atoms with Crippen LogP contribution in [-0.2, 0) is 41.9 Å². The number of rotatable bonds is 13. The van der Waals surface area contributed by atoms with Crippen molar-refractivity contribution in [3.8, 4) is 0 Å². The molecule has 0 aromatic heterocycles. The molecule has 2 aromatic rings. The van der Waals surface area contributed by atoms with Crippen LogP contribution in [0.15, 0.2) is 60.7 Å². The average molecular weight is 456 g/mol. The van der Waals surface area contributed by atoms with Crippen LogP contribution in [0.25, 0.3) is 0 Å². The monoisotopic (exact) mass is 455 g/mol. The molecule has 2 atom stereocenters. The minimum absolute atomic E-state index is 0.0272. The minimum Gasteiger partial charge on any atom is -0.461 e. The van der Waals surface area contributed by atoms with E-state index in [9.17, 15) is 19.2 Å². The highest BCUT2D eigenvalue weighted by atomic mass is 16.5. The van der Waals surface area contributed by atoms with Crippen LogP contribution >= 0.6 is 0 Å². The molecule has 0 radical (unpaired) electrons. The number of nitrogens with two attached hydrogens (primary N) is 2. The molecule has 9 heteroatoms. The van der Waals surface area contributed by atoms with E-state index in [-0.39, 0.29) is 38.9 Å². The summed E-state index contributed by atoms with van der Waals surface area (Å²) >= 11 is 0. The SMILES string of the molecule is NC(=O)C(CCC(=O)OCc1ccccc1)NC(=O)C(N)CCC(=O)OCc1ccccc1. The number of carbonyl (C=O) groups excluding carboxylic acids is 4. The van der Waals surface area contributed by atoms with E-state index in [1.165, 1.54) is 0 Å². The summed E-state index contributed by atoms with van der Waals surface area (Å²) in [6.45, 7) is 0.240. The van der Waals surface area contributed by atoms with Crippen molar-refractivity contribution >= 4 is 23.8 Å². The molecular weight excluding hydrogens is 426 g/mol. The van der Waals surface area contributed by atoms with Crippen LogP contribution in [0.4, 0.5) is 0 Å². The van der Waals surface area contributed by atoms with Crippen molar-refractivity contribution in [3.63, 3.8) is 0 Å². The molecule has 2 unspecified atom stereocenters. The number of hydrogen-bond acceptors (Lipinski definition) is 7. The van der Waals surface area contributed by atoms with Crippen molar-refractivity contribution in [1.82, 2.24) is 5.32 Å². The number of amides is 2. The van der Waals surface area contributed by atoms with Gasteiger partial charge >= 0.3 is 11.9 Å². The molecule has 0 spiro atoms. The van der Waals surface area contributed by atoms with Crippen LogP contribution < -0.4 is 16.8 Å². The van der Waals surface area contributed by atoms with E-state index in [2.05, 4.69) is 5.32 Å². The number of carbonyl (C=O) groups is 4. The fraction of sp³-hybridized carbons (Fsp3) is 0.333. The summed E-state index contributed by atoms with van der Waals surface area (Å²) in [5.74, 6) is -2.46. The molecule has 0 saturated carbocycles. The van der Waals surface area contributed by atoms with E-state index in [4.69, 9.17) is 20.9 Å². The molecule has 0 aliphatic heterocycles. The van der Waals surface area contributed by atoms with Gasteiger partial charge in [-0.05, 0) is 24.0 Å². The summed E-state index contributed by atoms with van der Waals surface area (Å²) < 4.78 is 10.3. The van der Waals surface area contributed by atoms with Gasteiger partial charge in [-0.3, -0.25) is 19.2 Å². The zero-order valence-electron chi connectivity index (χ0n) is 18.3. The molecule has 0 bridgehead atoms. The van der Waals surface area contributed by atoms with Gasteiger partial charge in [0.25, 0.3) is 0 Å². The summed E-state index contributed by atoms with van der Waals surface area (Å²) in [7, 11) is 0. The molecule has 9 nitrogen and oxygen atoms in total. The van der Waals surface area contributed by atoms with Crippen molar-refractivity contribution in [1.29, 1.82) is 0 Å². The van der Waals surface area contributed by atoms with Gasteiger partial charge in [-0.2, -0.15) is 0 Å². The van der Waals surface area contributed by atoms with Crippen molar-refractivity contribution in [3.05, 3.63) is 71.8 Å². The second-order valence-corrected chi connectivity index (χ2v) is 7.44. The van der Waals surface area contributed by atoms with E-state index in [0.717, 1.165) is 11.1 Å². The second-order valence-electron chi connectivity index (χ2n) is 7.44. The number of hydrogen-bond donors (Lipinski definition) is 3. The molecule has 2 aromatic carbocycles. The van der Waals surface area contributed by atoms with E-state index >= 15 is 0 Å². The lowest BCUT2D eigenvalue weighted by Gasteiger charge is -2.18. The molecular formula is C24H29N3O6. The number of nitrogens with one attached hydrogen (secondary N) is 1. The van der Waals surface area contributed by atoms with Gasteiger partial charge in [0.2, 0.25) is 11.8 Å². The molecule has 0 aliphatic carbocycles. The molecule has 0 heterocycles. The van der Waals surface area contributed by atoms with Gasteiger partial charge in [-0.1, -0.05) is 60.7 Å². The molecule has 0 fully saturated rings. The molecule has 33 heavy (non-hydrogen) atoms. The first-order valence-electron chi connectivity index (χ1n) is 10.6. The average Bonchev–Trinajstić information content (AvgIpc) is 2.83. The third kappa shape index (κ3) is 9.96. The number of primary amides is 1. The van der Waals surface area contributed by atoms with Crippen molar-refractivity contribution in [2.45, 2.75) is 51.0 Å². The second kappa shape index (κ2) is 13.6. The van der Waals surface area contributed by atoms with E-state index < -0.39 is 35.8 Å². The Morgan fingerprint density at radius 3 is 1.67 bits per heavy atom. The van der Waals surface area contributed by atoms with Gasteiger partial charge in [-0.25, -0.2) is 0 Å². The van der Waals surface area contributed by atoms with Gasteiger partial charge in [0.1, 0.15) is 19.3 Å². The Kier molecular flexibility index (Phi) is 10.6. The molecule has 176 valence electrons. The Balaban J connectivity index is 1.70. The number of esters is 2. The Hall–Kier alpha value is -3.72. The number of benzene rings is 2. The van der Waals surface area contributed by atoms with E-state index in [1.54, 1.807) is 0 Å². The first kappa shape index (κ1) is 25.5. The van der Waals surface area contributed by atoms with Crippen molar-refractivity contribution < 1.29 is 28.7 Å². The van der Waals surface area contributed by atoms with Gasteiger partial charge in [-0.15, -0.1) is 0 Å². The predicted molar refractivity (Wildman–Crippen MR) is 120 cm³/mol. The van der Waals surface area contributed by atoms with Gasteiger partial charge in [0.05, 0.1) is 6.04 Å². The lowest BCUT2D eigenvalue weighted by Crippen LogP contribution is -2.50. The van der Waals surface area contributed by atoms with E-state index in [1.807, 2.05) is 60.7 Å². The van der Waals surface area contributed by atoms with E-state index in [0.29, 0.717) is 0 Å². The highest BCUT2D eigenvalue weighted by Gasteiger charge is 2.23. The Bertz CT molecular complexity index is 920. The Morgan fingerprint density at radius 1 is 0.758 bits per heavy atom. The predicted octanol–water partition coefficient (Wildman–Crippen LogP) is 1.33. The fourth-order valence-electron chi connectivity index (χ4n) is 2.85. The largest absolute Gasteiger partial charge is 0.461 e. The lowest BCUT2D eigenvalue weighted by atomic mass is 10.1. The highest BCUT2D eigenvalue weighted by Crippen LogP contribution is 2.07. The normalized spacial score (nSPS) is 12.3. The Labute approximate surface area is 192 Å². The molecule has 0 saturated heterocycles. The molecule has 2 rings (SSSR count). The van der Waals surface area contributed by atoms with Crippen LogP contribution in [0, 0.1) is 0 Å². The molecule has 2 amide bonds. The van der Waals surface area contributed by atoms with Crippen LogP contribution in [0.1, 0.15) is 36.8 Å². The fourth-order valence-corrected chi connectivity index (χ4v) is 2.85. The van der Waals surface area contributed by atoms with Crippen LogP contribution in [0.5, 0.6) is 0 Å². The van der Waals surface area contributed by atoms with Gasteiger partial charge in [0, 0.05) is 12.8 Å². The zero-order chi connectivity index (χ0) is 24.1. The Morgan fingerprint density at radius 2 is 1.21 bits per heavy atom. The van der Waals surface area contributed by atoms with Gasteiger partial charge < -0.3 is 26.3 Å². The van der Waals surface area contributed by atoms with Crippen molar-refractivity contribution in [2.24, 2.45) is 11.5 Å². The summed E-state index contributed by atoms with van der Waals surface area (Å²) in [6, 6.07) is 16.2. The standard InChI is InChI=1S/C24H29N3O6/c25-19(11-13-21(28)32-15-17-7-3-1-4-8-17)24(31)27-20(23(26)30)12-14-22(29)33-16-18-9-5-2-6-10-18/h1-10,19-20H,11-16,25H2,(H2,26,30)(H,27,31). The van der Waals surface area contributed by atoms with Crippen molar-refractivity contribution in [2.75, 3.05) is 0 Å². The smallest absolute Gasteiger partial charge is 0.306 e. The number of ether oxygens (including phenoxy) is 2. The highest BCUT2D eigenvalue weighted by molar-refractivity contribution is 5.89. The molecule has 5 N–H and O–H groups in total. The zero-order valence-corrected chi connectivity index (χ0v) is 18.3. The van der Waals surface area contributed by atoms with Crippen LogP contribution in [-0.4, -0.2) is 35.8 Å². The summed E-state index contributed by atoms with van der Waals surface area (Å²) in [5.41, 5.74) is 12.8. The van der Waals surface area contributed by atoms with Crippen LogP contribution in [0.2, 0.25) is 0 Å². The first-order chi connectivity index (χ1) is 15.8. The third-order valence-corrected chi connectivity index (χ3v) is 4.78. The molecule has 0 aliphatic rings. The summed E-state index contributed by atoms with van der Waals surface area (Å²) in [5, 5.41) is 2.43. The maximum Gasteiger partial charge on any atom is 0.306 e. The minimum atomic E-state index is -1.09. The third-order valence-electron chi connectivity index (χ3n) is 4.78. The maximum atomic E-state index is 12.3. The summed E-state index contributed by atoms with van der Waals surface area (Å²) in [6.07, 6.45) is -0.166. The topological polar surface area (TPSA) is 151 Å². The quantitative estimate of drug-likeness (QED) is 0.385. The van der Waals surface area contributed by atoms with Gasteiger partial charge in [0.15, 0.2) is 0 Å². The lowest BCUT2D eigenvalue weighted by molar-refractivity contribution is -0.146. The summed E-state index contributed by atoms with van der Waals surface area (Å²) in [4.78, 5) is 47.8. The van der Waals surface area contributed by atoms with Crippen LogP contribution in [0.3, 0.4) is 0 Å². The first-order valence-corrected chi connectivity index (χ1v) is 10.6.